The van der Waals surface area contributed by atoms with Crippen LogP contribution in [0.4, 0.5) is 0 Å². The Morgan fingerprint density at radius 2 is 1.96 bits per heavy atom. The maximum absolute atomic E-state index is 5.31. The SMILES string of the molecule is CCc1ccc(C(C)(C)CNC(=NC)NCc2nc(-c3ccco3)n[nH]2)cc1. The molecule has 0 spiro atoms. The lowest BCUT2D eigenvalue weighted by molar-refractivity contribution is 0.508. The van der Waals surface area contributed by atoms with E-state index in [-0.39, 0.29) is 5.41 Å². The minimum absolute atomic E-state index is 0.0252. The van der Waals surface area contributed by atoms with Gasteiger partial charge in [0, 0.05) is 19.0 Å². The molecule has 0 unspecified atom stereocenters. The minimum atomic E-state index is -0.0252. The largest absolute Gasteiger partial charge is 0.461 e. The monoisotopic (exact) mass is 380 g/mol. The molecule has 0 radical (unpaired) electrons. The number of hydrogen-bond donors (Lipinski definition) is 3. The summed E-state index contributed by atoms with van der Waals surface area (Å²) >= 11 is 0. The fourth-order valence-electron chi connectivity index (χ4n) is 2.88. The number of furan rings is 1. The average Bonchev–Trinajstić information content (AvgIpc) is 3.40. The fraction of sp³-hybridized carbons (Fsp3) is 0.381. The molecule has 7 nitrogen and oxygen atoms in total. The van der Waals surface area contributed by atoms with Gasteiger partial charge in [0.05, 0.1) is 12.8 Å². The van der Waals surface area contributed by atoms with Crippen LogP contribution in [-0.2, 0) is 18.4 Å². The molecule has 2 heterocycles. The zero-order chi connectivity index (χ0) is 20.0. The van der Waals surface area contributed by atoms with E-state index in [9.17, 15) is 0 Å². The first-order chi connectivity index (χ1) is 13.5. The third-order valence-corrected chi connectivity index (χ3v) is 4.76. The van der Waals surface area contributed by atoms with E-state index in [1.807, 2.05) is 12.1 Å². The van der Waals surface area contributed by atoms with Crippen molar-refractivity contribution in [2.75, 3.05) is 13.6 Å². The van der Waals surface area contributed by atoms with Gasteiger partial charge < -0.3 is 15.1 Å². The summed E-state index contributed by atoms with van der Waals surface area (Å²) < 4.78 is 5.31. The predicted octanol–water partition coefficient (Wildman–Crippen LogP) is 3.27. The first-order valence-electron chi connectivity index (χ1n) is 9.51. The minimum Gasteiger partial charge on any atom is -0.461 e. The van der Waals surface area contributed by atoms with Crippen LogP contribution in [0.25, 0.3) is 11.6 Å². The number of hydrogen-bond acceptors (Lipinski definition) is 4. The van der Waals surface area contributed by atoms with Crippen molar-refractivity contribution in [3.05, 3.63) is 59.6 Å². The maximum atomic E-state index is 5.31. The van der Waals surface area contributed by atoms with Crippen LogP contribution in [0, 0.1) is 0 Å². The number of rotatable bonds is 7. The zero-order valence-electron chi connectivity index (χ0n) is 16.9. The molecule has 3 aromatic rings. The van der Waals surface area contributed by atoms with Crippen molar-refractivity contribution in [2.45, 2.75) is 39.2 Å². The Morgan fingerprint density at radius 3 is 2.61 bits per heavy atom. The van der Waals surface area contributed by atoms with Crippen LogP contribution >= 0.6 is 0 Å². The average molecular weight is 380 g/mol. The summed E-state index contributed by atoms with van der Waals surface area (Å²) in [4.78, 5) is 8.72. The van der Waals surface area contributed by atoms with E-state index in [0.29, 0.717) is 29.9 Å². The van der Waals surface area contributed by atoms with E-state index in [1.165, 1.54) is 11.1 Å². The third kappa shape index (κ3) is 4.79. The van der Waals surface area contributed by atoms with Crippen LogP contribution in [0.15, 0.2) is 52.1 Å². The van der Waals surface area contributed by atoms with Crippen LogP contribution in [-0.4, -0.2) is 34.7 Å². The van der Waals surface area contributed by atoms with E-state index >= 15 is 0 Å². The summed E-state index contributed by atoms with van der Waals surface area (Å²) in [5.74, 6) is 2.61. The van der Waals surface area contributed by atoms with Crippen molar-refractivity contribution >= 4 is 5.96 Å². The second-order valence-electron chi connectivity index (χ2n) is 7.30. The van der Waals surface area contributed by atoms with Crippen LogP contribution in [0.1, 0.15) is 37.7 Å². The topological polar surface area (TPSA) is 91.1 Å². The Hall–Kier alpha value is -3.09. The molecule has 148 valence electrons. The highest BCUT2D eigenvalue weighted by molar-refractivity contribution is 5.79. The van der Waals surface area contributed by atoms with E-state index in [4.69, 9.17) is 4.42 Å². The molecular formula is C21H28N6O. The Kier molecular flexibility index (Phi) is 6.13. The third-order valence-electron chi connectivity index (χ3n) is 4.76. The van der Waals surface area contributed by atoms with Gasteiger partial charge in [0.15, 0.2) is 11.7 Å². The van der Waals surface area contributed by atoms with Crippen molar-refractivity contribution < 1.29 is 4.42 Å². The predicted molar refractivity (Wildman–Crippen MR) is 111 cm³/mol. The highest BCUT2D eigenvalue weighted by Crippen LogP contribution is 2.22. The number of aryl methyl sites for hydroxylation is 1. The van der Waals surface area contributed by atoms with Gasteiger partial charge >= 0.3 is 0 Å². The number of aromatic amines is 1. The molecule has 0 aliphatic rings. The quantitative estimate of drug-likeness (QED) is 0.432. The molecule has 0 fully saturated rings. The number of benzene rings is 1. The summed E-state index contributed by atoms with van der Waals surface area (Å²) in [6, 6.07) is 12.5. The van der Waals surface area contributed by atoms with Crippen LogP contribution in [0.3, 0.4) is 0 Å². The van der Waals surface area contributed by atoms with E-state index in [2.05, 4.69) is 75.8 Å². The van der Waals surface area contributed by atoms with Crippen LogP contribution < -0.4 is 10.6 Å². The lowest BCUT2D eigenvalue weighted by Crippen LogP contribution is -2.43. The van der Waals surface area contributed by atoms with Crippen molar-refractivity contribution in [3.8, 4) is 11.6 Å². The summed E-state index contributed by atoms with van der Waals surface area (Å²) in [6.45, 7) is 7.86. The summed E-state index contributed by atoms with van der Waals surface area (Å²) in [7, 11) is 1.76. The number of H-pyrrole nitrogens is 1. The lowest BCUT2D eigenvalue weighted by Gasteiger charge is -2.27. The summed E-state index contributed by atoms with van der Waals surface area (Å²) in [6.07, 6.45) is 2.66. The molecule has 28 heavy (non-hydrogen) atoms. The molecule has 0 aliphatic heterocycles. The first kappa shape index (κ1) is 19.7. The Balaban J connectivity index is 1.54. The molecule has 7 heteroatoms. The Morgan fingerprint density at radius 1 is 1.18 bits per heavy atom. The normalized spacial score (nSPS) is 12.2. The molecule has 0 aliphatic carbocycles. The number of nitrogens with zero attached hydrogens (tertiary/aromatic N) is 3. The van der Waals surface area contributed by atoms with Gasteiger partial charge in [-0.3, -0.25) is 10.1 Å². The number of guanidine groups is 1. The second kappa shape index (κ2) is 8.73. The van der Waals surface area contributed by atoms with E-state index in [0.717, 1.165) is 13.0 Å². The van der Waals surface area contributed by atoms with Gasteiger partial charge in [-0.15, -0.1) is 5.10 Å². The van der Waals surface area contributed by atoms with E-state index in [1.54, 1.807) is 13.3 Å². The number of nitrogens with one attached hydrogen (secondary N) is 3. The van der Waals surface area contributed by atoms with Gasteiger partial charge in [0.1, 0.15) is 5.82 Å². The highest BCUT2D eigenvalue weighted by Gasteiger charge is 2.21. The smallest absolute Gasteiger partial charge is 0.216 e. The zero-order valence-corrected chi connectivity index (χ0v) is 16.9. The first-order valence-corrected chi connectivity index (χ1v) is 9.51. The lowest BCUT2D eigenvalue weighted by atomic mass is 9.84. The Labute approximate surface area is 165 Å². The summed E-state index contributed by atoms with van der Waals surface area (Å²) in [5.41, 5.74) is 2.62. The van der Waals surface area contributed by atoms with Gasteiger partial charge in [-0.05, 0) is 29.7 Å². The molecule has 0 saturated carbocycles. The standard InChI is InChI=1S/C21H28N6O/c1-5-15-8-10-16(11-9-15)21(2,3)14-24-20(22-4)23-13-18-25-19(27-26-18)17-7-6-12-28-17/h6-12H,5,13-14H2,1-4H3,(H2,22,23,24)(H,25,26,27). The van der Waals surface area contributed by atoms with Gasteiger partial charge in [-0.2, -0.15) is 0 Å². The molecule has 3 rings (SSSR count). The van der Waals surface area contributed by atoms with Crippen LogP contribution in [0.5, 0.6) is 0 Å². The van der Waals surface area contributed by atoms with Crippen LogP contribution in [0.2, 0.25) is 0 Å². The van der Waals surface area contributed by atoms with Crippen molar-refractivity contribution in [3.63, 3.8) is 0 Å². The Bertz CT molecular complexity index is 893. The van der Waals surface area contributed by atoms with Gasteiger partial charge in [0.25, 0.3) is 0 Å². The van der Waals surface area contributed by atoms with Crippen molar-refractivity contribution in [1.29, 1.82) is 0 Å². The van der Waals surface area contributed by atoms with Gasteiger partial charge in [-0.25, -0.2) is 4.98 Å². The number of aromatic nitrogens is 3. The maximum Gasteiger partial charge on any atom is 0.216 e. The summed E-state index contributed by atoms with van der Waals surface area (Å²) in [5, 5.41) is 13.7. The fourth-order valence-corrected chi connectivity index (χ4v) is 2.88. The van der Waals surface area contributed by atoms with Gasteiger partial charge in [-0.1, -0.05) is 45.0 Å². The number of aliphatic imine (C=N–C) groups is 1. The van der Waals surface area contributed by atoms with E-state index < -0.39 is 0 Å². The molecule has 0 bridgehead atoms. The van der Waals surface area contributed by atoms with Crippen molar-refractivity contribution in [1.82, 2.24) is 25.8 Å². The molecule has 0 saturated heterocycles. The molecule has 1 aromatic carbocycles. The van der Waals surface area contributed by atoms with Gasteiger partial charge in [0.2, 0.25) is 5.82 Å². The molecule has 2 aromatic heterocycles. The second-order valence-corrected chi connectivity index (χ2v) is 7.30. The molecular weight excluding hydrogens is 352 g/mol. The highest BCUT2D eigenvalue weighted by atomic mass is 16.3. The van der Waals surface area contributed by atoms with Crippen molar-refractivity contribution in [2.24, 2.45) is 4.99 Å². The molecule has 0 amide bonds. The molecule has 3 N–H and O–H groups in total. The molecule has 0 atom stereocenters.